The van der Waals surface area contributed by atoms with Crippen molar-refractivity contribution in [3.8, 4) is 0 Å². The van der Waals surface area contributed by atoms with Crippen molar-refractivity contribution in [1.82, 2.24) is 10.3 Å². The summed E-state index contributed by atoms with van der Waals surface area (Å²) in [5.74, 6) is 0.662. The van der Waals surface area contributed by atoms with Gasteiger partial charge in [-0.1, -0.05) is 12.5 Å². The molecule has 1 saturated heterocycles. The summed E-state index contributed by atoms with van der Waals surface area (Å²) in [5, 5.41) is 6.05. The van der Waals surface area contributed by atoms with E-state index in [2.05, 4.69) is 15.6 Å². The number of rotatable bonds is 2. The molecule has 1 aromatic heterocycles. The zero-order chi connectivity index (χ0) is 11.4. The molecule has 1 fully saturated rings. The molecule has 0 spiro atoms. The van der Waals surface area contributed by atoms with E-state index in [0.717, 1.165) is 31.5 Å². The first-order valence-electron chi connectivity index (χ1n) is 5.73. The highest BCUT2D eigenvalue weighted by Gasteiger charge is 2.20. The number of hydrogen-bond donors (Lipinski definition) is 2. The lowest BCUT2D eigenvalue weighted by atomic mass is 10.0. The smallest absolute Gasteiger partial charge is 0.242 e. The van der Waals surface area contributed by atoms with Crippen molar-refractivity contribution >= 4 is 36.5 Å². The fraction of sp³-hybridized carbons (Fsp3) is 0.500. The van der Waals surface area contributed by atoms with Crippen LogP contribution in [0.2, 0.25) is 0 Å². The van der Waals surface area contributed by atoms with Gasteiger partial charge in [-0.05, 0) is 38.4 Å². The minimum Gasteiger partial charge on any atom is -0.309 e. The van der Waals surface area contributed by atoms with Crippen LogP contribution in [0.3, 0.4) is 0 Å². The van der Waals surface area contributed by atoms with E-state index in [1.807, 2.05) is 25.1 Å². The second-order valence-electron chi connectivity index (χ2n) is 4.16. The summed E-state index contributed by atoms with van der Waals surface area (Å²) in [4.78, 5) is 16.1. The van der Waals surface area contributed by atoms with E-state index in [9.17, 15) is 4.79 Å². The molecule has 2 N–H and O–H groups in total. The predicted octanol–water partition coefficient (Wildman–Crippen LogP) is 2.31. The van der Waals surface area contributed by atoms with Crippen molar-refractivity contribution in [3.05, 3.63) is 23.9 Å². The number of carbonyl (C=O) groups excluding carboxylic acids is 1. The molecule has 0 aromatic carbocycles. The molecule has 2 heterocycles. The Kier molecular flexibility index (Phi) is 7.91. The highest BCUT2D eigenvalue weighted by atomic mass is 35.5. The Balaban J connectivity index is 0.00000144. The van der Waals surface area contributed by atoms with Crippen LogP contribution in [0.5, 0.6) is 0 Å². The van der Waals surface area contributed by atoms with Gasteiger partial charge in [-0.3, -0.25) is 4.79 Å². The van der Waals surface area contributed by atoms with Gasteiger partial charge in [-0.2, -0.15) is 0 Å². The molecule has 1 aliphatic heterocycles. The number of carbonyl (C=O) groups is 1. The first-order chi connectivity index (χ1) is 7.75. The maximum absolute atomic E-state index is 11.9. The number of aryl methyl sites for hydroxylation is 1. The third kappa shape index (κ3) is 4.80. The van der Waals surface area contributed by atoms with Gasteiger partial charge in [-0.25, -0.2) is 4.98 Å². The monoisotopic (exact) mass is 291 g/mol. The van der Waals surface area contributed by atoms with Crippen LogP contribution in [0.1, 0.15) is 25.0 Å². The summed E-state index contributed by atoms with van der Waals surface area (Å²) in [7, 11) is 0. The predicted molar refractivity (Wildman–Crippen MR) is 77.7 cm³/mol. The highest BCUT2D eigenvalue weighted by Crippen LogP contribution is 2.10. The number of hydrogen-bond acceptors (Lipinski definition) is 3. The van der Waals surface area contributed by atoms with E-state index in [1.54, 1.807) is 0 Å². The quantitative estimate of drug-likeness (QED) is 0.879. The van der Waals surface area contributed by atoms with Gasteiger partial charge in [0, 0.05) is 5.69 Å². The van der Waals surface area contributed by atoms with Crippen molar-refractivity contribution in [1.29, 1.82) is 0 Å². The number of pyridine rings is 1. The van der Waals surface area contributed by atoms with Gasteiger partial charge in [0.15, 0.2) is 0 Å². The van der Waals surface area contributed by atoms with E-state index >= 15 is 0 Å². The second kappa shape index (κ2) is 8.29. The molecule has 102 valence electrons. The standard InChI is InChI=1S/C12H17N3O.2ClH/c1-9-5-4-7-11(14-9)15-12(16)10-6-2-3-8-13-10;;/h4-5,7,10,13H,2-3,6,8H2,1H3,(H,14,15,16);2*1H. The second-order valence-corrected chi connectivity index (χ2v) is 4.16. The number of nitrogens with one attached hydrogen (secondary N) is 2. The van der Waals surface area contributed by atoms with E-state index in [0.29, 0.717) is 5.82 Å². The van der Waals surface area contributed by atoms with Crippen molar-refractivity contribution < 1.29 is 4.79 Å². The number of aromatic nitrogens is 1. The summed E-state index contributed by atoms with van der Waals surface area (Å²) >= 11 is 0. The lowest BCUT2D eigenvalue weighted by Gasteiger charge is -2.22. The third-order valence-corrected chi connectivity index (χ3v) is 2.77. The Labute approximate surface area is 120 Å². The van der Waals surface area contributed by atoms with Crippen LogP contribution in [-0.2, 0) is 4.79 Å². The number of nitrogens with zero attached hydrogens (tertiary/aromatic N) is 1. The summed E-state index contributed by atoms with van der Waals surface area (Å²) in [6, 6.07) is 5.56. The number of anilines is 1. The SMILES string of the molecule is Cc1cccc(NC(=O)C2CCCCN2)n1.Cl.Cl. The average molecular weight is 292 g/mol. The fourth-order valence-corrected chi connectivity index (χ4v) is 1.90. The largest absolute Gasteiger partial charge is 0.309 e. The molecule has 0 aliphatic carbocycles. The lowest BCUT2D eigenvalue weighted by Crippen LogP contribution is -2.43. The molecule has 1 unspecified atom stereocenters. The zero-order valence-electron chi connectivity index (χ0n) is 10.3. The van der Waals surface area contributed by atoms with Crippen molar-refractivity contribution in [2.75, 3.05) is 11.9 Å². The maximum Gasteiger partial charge on any atom is 0.242 e. The molecule has 4 nitrogen and oxygen atoms in total. The molecule has 0 bridgehead atoms. The van der Waals surface area contributed by atoms with Gasteiger partial charge in [-0.15, -0.1) is 24.8 Å². The molecule has 0 saturated carbocycles. The normalized spacial score (nSPS) is 18.2. The van der Waals surface area contributed by atoms with Crippen LogP contribution in [0.15, 0.2) is 18.2 Å². The van der Waals surface area contributed by atoms with Gasteiger partial charge >= 0.3 is 0 Å². The lowest BCUT2D eigenvalue weighted by molar-refractivity contribution is -0.118. The molecular weight excluding hydrogens is 273 g/mol. The van der Waals surface area contributed by atoms with E-state index in [-0.39, 0.29) is 36.8 Å². The van der Waals surface area contributed by atoms with Gasteiger partial charge in [0.2, 0.25) is 5.91 Å². The van der Waals surface area contributed by atoms with Crippen molar-refractivity contribution in [3.63, 3.8) is 0 Å². The Morgan fingerprint density at radius 3 is 2.78 bits per heavy atom. The van der Waals surface area contributed by atoms with Crippen LogP contribution in [0.4, 0.5) is 5.82 Å². The molecule has 18 heavy (non-hydrogen) atoms. The molecule has 1 atom stereocenters. The fourth-order valence-electron chi connectivity index (χ4n) is 1.90. The van der Waals surface area contributed by atoms with Crippen molar-refractivity contribution in [2.45, 2.75) is 32.2 Å². The molecule has 6 heteroatoms. The summed E-state index contributed by atoms with van der Waals surface area (Å²) in [6.45, 7) is 2.84. The zero-order valence-corrected chi connectivity index (χ0v) is 11.9. The molecule has 0 radical (unpaired) electrons. The highest BCUT2D eigenvalue weighted by molar-refractivity contribution is 5.94. The van der Waals surface area contributed by atoms with Crippen LogP contribution in [0, 0.1) is 6.92 Å². The molecule has 1 amide bonds. The molecule has 2 rings (SSSR count). The topological polar surface area (TPSA) is 54.0 Å². The van der Waals surface area contributed by atoms with E-state index in [1.165, 1.54) is 0 Å². The third-order valence-electron chi connectivity index (χ3n) is 2.77. The Hall–Kier alpha value is -0.840. The summed E-state index contributed by atoms with van der Waals surface area (Å²) in [5.41, 5.74) is 0.911. The maximum atomic E-state index is 11.9. The molecule has 1 aliphatic rings. The van der Waals surface area contributed by atoms with Gasteiger partial charge in [0.05, 0.1) is 6.04 Å². The number of amides is 1. The number of piperidine rings is 1. The Morgan fingerprint density at radius 2 is 2.17 bits per heavy atom. The van der Waals surface area contributed by atoms with Crippen LogP contribution in [-0.4, -0.2) is 23.5 Å². The van der Waals surface area contributed by atoms with Gasteiger partial charge in [0.25, 0.3) is 0 Å². The molecule has 1 aromatic rings. The van der Waals surface area contributed by atoms with Crippen molar-refractivity contribution in [2.24, 2.45) is 0 Å². The van der Waals surface area contributed by atoms with Gasteiger partial charge in [0.1, 0.15) is 5.82 Å². The Morgan fingerprint density at radius 1 is 1.39 bits per heavy atom. The summed E-state index contributed by atoms with van der Waals surface area (Å²) in [6.07, 6.45) is 3.19. The first-order valence-corrected chi connectivity index (χ1v) is 5.73. The first kappa shape index (κ1) is 17.2. The minimum absolute atomic E-state index is 0. The van der Waals surface area contributed by atoms with Crippen LogP contribution in [0.25, 0.3) is 0 Å². The van der Waals surface area contributed by atoms with Crippen LogP contribution < -0.4 is 10.6 Å². The minimum atomic E-state index is -0.0592. The summed E-state index contributed by atoms with van der Waals surface area (Å²) < 4.78 is 0. The van der Waals surface area contributed by atoms with Crippen LogP contribution >= 0.6 is 24.8 Å². The number of halogens is 2. The molecular formula is C12H19Cl2N3O. The average Bonchev–Trinajstić information content (AvgIpc) is 2.30. The van der Waals surface area contributed by atoms with E-state index < -0.39 is 0 Å². The Bertz CT molecular complexity index is 381. The van der Waals surface area contributed by atoms with E-state index in [4.69, 9.17) is 0 Å². The van der Waals surface area contributed by atoms with Gasteiger partial charge < -0.3 is 10.6 Å².